The molecule has 1 aromatic heterocycles. The third kappa shape index (κ3) is 2.68. The van der Waals surface area contributed by atoms with Gasteiger partial charge in [-0.25, -0.2) is 9.67 Å². The van der Waals surface area contributed by atoms with Crippen LogP contribution in [0.2, 0.25) is 0 Å². The summed E-state index contributed by atoms with van der Waals surface area (Å²) in [7, 11) is 0. The molecular formula is C15H20N4. The Hall–Kier alpha value is -1.68. The van der Waals surface area contributed by atoms with Crippen LogP contribution in [0.3, 0.4) is 0 Å². The fourth-order valence-corrected chi connectivity index (χ4v) is 2.62. The first-order chi connectivity index (χ1) is 9.36. The van der Waals surface area contributed by atoms with Gasteiger partial charge in [-0.1, -0.05) is 30.3 Å². The van der Waals surface area contributed by atoms with Gasteiger partial charge in [-0.3, -0.25) is 4.90 Å². The highest BCUT2D eigenvalue weighted by atomic mass is 15.4. The van der Waals surface area contributed by atoms with Gasteiger partial charge in [0.1, 0.15) is 0 Å². The number of rotatable bonds is 4. The van der Waals surface area contributed by atoms with Crippen molar-refractivity contribution in [3.8, 4) is 11.4 Å². The molecule has 0 saturated carbocycles. The van der Waals surface area contributed by atoms with Gasteiger partial charge in [0.2, 0.25) is 0 Å². The molecule has 0 amide bonds. The summed E-state index contributed by atoms with van der Waals surface area (Å²) in [5, 5.41) is 4.63. The number of aryl methyl sites for hydroxylation is 1. The van der Waals surface area contributed by atoms with E-state index in [9.17, 15) is 0 Å². The van der Waals surface area contributed by atoms with E-state index in [1.54, 1.807) is 0 Å². The van der Waals surface area contributed by atoms with E-state index in [1.807, 2.05) is 22.9 Å². The molecular weight excluding hydrogens is 236 g/mol. The highest BCUT2D eigenvalue weighted by Gasteiger charge is 2.16. The van der Waals surface area contributed by atoms with Crippen molar-refractivity contribution in [2.45, 2.75) is 32.9 Å². The lowest BCUT2D eigenvalue weighted by Gasteiger charge is -2.10. The molecule has 2 aromatic rings. The second-order valence-corrected chi connectivity index (χ2v) is 5.02. The van der Waals surface area contributed by atoms with Crippen LogP contribution in [0.25, 0.3) is 11.4 Å². The topological polar surface area (TPSA) is 34.0 Å². The molecule has 2 heterocycles. The van der Waals surface area contributed by atoms with E-state index in [4.69, 9.17) is 4.98 Å². The van der Waals surface area contributed by atoms with E-state index in [1.165, 1.54) is 25.9 Å². The predicted molar refractivity (Wildman–Crippen MR) is 75.6 cm³/mol. The molecule has 4 nitrogen and oxygen atoms in total. The van der Waals surface area contributed by atoms with E-state index in [-0.39, 0.29) is 0 Å². The van der Waals surface area contributed by atoms with Gasteiger partial charge < -0.3 is 0 Å². The van der Waals surface area contributed by atoms with E-state index < -0.39 is 0 Å². The minimum absolute atomic E-state index is 0.858. The highest BCUT2D eigenvalue weighted by Crippen LogP contribution is 2.18. The lowest BCUT2D eigenvalue weighted by atomic mass is 10.2. The summed E-state index contributed by atoms with van der Waals surface area (Å²) in [4.78, 5) is 7.16. The van der Waals surface area contributed by atoms with Crippen molar-refractivity contribution in [2.24, 2.45) is 0 Å². The van der Waals surface area contributed by atoms with E-state index in [2.05, 4.69) is 29.1 Å². The van der Waals surface area contributed by atoms with Crippen molar-refractivity contribution in [2.75, 3.05) is 13.1 Å². The number of nitrogens with zero attached hydrogens (tertiary/aromatic N) is 4. The van der Waals surface area contributed by atoms with E-state index >= 15 is 0 Å². The predicted octanol–water partition coefficient (Wildman–Crippen LogP) is 2.56. The van der Waals surface area contributed by atoms with Crippen LogP contribution in [-0.4, -0.2) is 32.8 Å². The van der Waals surface area contributed by atoms with Crippen molar-refractivity contribution < 1.29 is 0 Å². The summed E-state index contributed by atoms with van der Waals surface area (Å²) < 4.78 is 2.00. The molecule has 0 atom stereocenters. The smallest absolute Gasteiger partial charge is 0.165 e. The number of hydrogen-bond donors (Lipinski definition) is 0. The molecule has 4 heteroatoms. The molecule has 0 radical (unpaired) electrons. The van der Waals surface area contributed by atoms with Crippen LogP contribution in [0.15, 0.2) is 30.3 Å². The Morgan fingerprint density at radius 2 is 1.84 bits per heavy atom. The molecule has 1 aliphatic rings. The Kier molecular flexibility index (Phi) is 3.60. The Labute approximate surface area is 114 Å². The second-order valence-electron chi connectivity index (χ2n) is 5.02. The van der Waals surface area contributed by atoms with E-state index in [0.717, 1.165) is 30.3 Å². The fraction of sp³-hybridized carbons (Fsp3) is 0.467. The van der Waals surface area contributed by atoms with Crippen LogP contribution < -0.4 is 0 Å². The third-order valence-electron chi connectivity index (χ3n) is 3.61. The quantitative estimate of drug-likeness (QED) is 0.843. The zero-order valence-corrected chi connectivity index (χ0v) is 11.4. The number of benzene rings is 1. The minimum Gasteiger partial charge on any atom is -0.296 e. The van der Waals surface area contributed by atoms with Crippen LogP contribution in [-0.2, 0) is 13.1 Å². The maximum atomic E-state index is 4.72. The average Bonchev–Trinajstić information content (AvgIpc) is 3.09. The van der Waals surface area contributed by atoms with Gasteiger partial charge in [0.15, 0.2) is 11.6 Å². The van der Waals surface area contributed by atoms with Crippen LogP contribution in [0.4, 0.5) is 0 Å². The van der Waals surface area contributed by atoms with Gasteiger partial charge in [-0.15, -0.1) is 0 Å². The summed E-state index contributed by atoms with van der Waals surface area (Å²) in [6.45, 7) is 6.22. The zero-order chi connectivity index (χ0) is 13.1. The summed E-state index contributed by atoms with van der Waals surface area (Å²) >= 11 is 0. The monoisotopic (exact) mass is 256 g/mol. The number of likely N-dealkylation sites (tertiary alicyclic amines) is 1. The van der Waals surface area contributed by atoms with Crippen LogP contribution in [0, 0.1) is 0 Å². The van der Waals surface area contributed by atoms with Gasteiger partial charge in [-0.05, 0) is 32.9 Å². The molecule has 0 spiro atoms. The van der Waals surface area contributed by atoms with Crippen molar-refractivity contribution in [1.82, 2.24) is 19.7 Å². The number of aromatic nitrogens is 3. The maximum absolute atomic E-state index is 4.72. The Balaban J connectivity index is 1.85. The third-order valence-corrected chi connectivity index (χ3v) is 3.61. The van der Waals surface area contributed by atoms with E-state index in [0.29, 0.717) is 0 Å². The standard InChI is InChI=1S/C15H20N4/c1-2-19-15(13-8-4-3-5-9-13)16-14(17-19)12-18-10-6-7-11-18/h3-5,8-9H,2,6-7,10-12H2,1H3. The van der Waals surface area contributed by atoms with Gasteiger partial charge >= 0.3 is 0 Å². The molecule has 1 saturated heterocycles. The molecule has 0 N–H and O–H groups in total. The molecule has 100 valence electrons. The lowest BCUT2D eigenvalue weighted by molar-refractivity contribution is 0.321. The van der Waals surface area contributed by atoms with Gasteiger partial charge in [0.25, 0.3) is 0 Å². The van der Waals surface area contributed by atoms with Crippen molar-refractivity contribution >= 4 is 0 Å². The molecule has 19 heavy (non-hydrogen) atoms. The molecule has 1 aliphatic heterocycles. The largest absolute Gasteiger partial charge is 0.296 e. The van der Waals surface area contributed by atoms with Gasteiger partial charge in [0.05, 0.1) is 6.54 Å². The minimum atomic E-state index is 0.858. The summed E-state index contributed by atoms with van der Waals surface area (Å²) in [6, 6.07) is 10.3. The second kappa shape index (κ2) is 5.53. The molecule has 0 aliphatic carbocycles. The fourth-order valence-electron chi connectivity index (χ4n) is 2.62. The molecule has 1 fully saturated rings. The zero-order valence-electron chi connectivity index (χ0n) is 11.4. The molecule has 0 unspecified atom stereocenters. The first kappa shape index (κ1) is 12.4. The summed E-state index contributed by atoms with van der Waals surface area (Å²) in [5.74, 6) is 1.93. The van der Waals surface area contributed by atoms with Crippen LogP contribution in [0.1, 0.15) is 25.6 Å². The van der Waals surface area contributed by atoms with Crippen molar-refractivity contribution in [3.05, 3.63) is 36.2 Å². The SMILES string of the molecule is CCn1nc(CN2CCCC2)nc1-c1ccccc1. The van der Waals surface area contributed by atoms with Crippen molar-refractivity contribution in [3.63, 3.8) is 0 Å². The molecule has 1 aromatic carbocycles. The summed E-state index contributed by atoms with van der Waals surface area (Å²) in [5.41, 5.74) is 1.14. The van der Waals surface area contributed by atoms with Crippen molar-refractivity contribution in [1.29, 1.82) is 0 Å². The Morgan fingerprint density at radius 3 is 2.53 bits per heavy atom. The Bertz CT molecular complexity index is 526. The maximum Gasteiger partial charge on any atom is 0.165 e. The van der Waals surface area contributed by atoms with Crippen LogP contribution >= 0.6 is 0 Å². The van der Waals surface area contributed by atoms with Crippen LogP contribution in [0.5, 0.6) is 0 Å². The first-order valence-electron chi connectivity index (χ1n) is 7.08. The molecule has 0 bridgehead atoms. The summed E-state index contributed by atoms with van der Waals surface area (Å²) in [6.07, 6.45) is 2.61. The first-order valence-corrected chi connectivity index (χ1v) is 7.08. The van der Waals surface area contributed by atoms with Gasteiger partial charge in [0, 0.05) is 12.1 Å². The molecule has 3 rings (SSSR count). The Morgan fingerprint density at radius 1 is 1.11 bits per heavy atom. The highest BCUT2D eigenvalue weighted by molar-refractivity contribution is 5.54. The lowest BCUT2D eigenvalue weighted by Crippen LogP contribution is -2.19. The number of hydrogen-bond acceptors (Lipinski definition) is 3. The van der Waals surface area contributed by atoms with Gasteiger partial charge in [-0.2, -0.15) is 5.10 Å². The average molecular weight is 256 g/mol. The normalized spacial score (nSPS) is 16.1.